The number of hydrogen-bond acceptors (Lipinski definition) is 8. The second kappa shape index (κ2) is 11.7. The van der Waals surface area contributed by atoms with Crippen molar-refractivity contribution >= 4 is 21.9 Å². The van der Waals surface area contributed by atoms with Crippen LogP contribution in [0.25, 0.3) is 0 Å². The molecular weight excluding hydrogens is 522 g/mol. The number of esters is 1. The number of hydrogen-bond donors (Lipinski definition) is 2. The molecule has 39 heavy (non-hydrogen) atoms. The van der Waals surface area contributed by atoms with E-state index in [-0.39, 0.29) is 28.4 Å². The summed E-state index contributed by atoms with van der Waals surface area (Å²) in [5.74, 6) is -0.639. The van der Waals surface area contributed by atoms with Crippen LogP contribution >= 0.6 is 0 Å². The number of benzene rings is 1. The second-order valence-electron chi connectivity index (χ2n) is 10.5. The van der Waals surface area contributed by atoms with Crippen LogP contribution in [-0.4, -0.2) is 86.9 Å². The van der Waals surface area contributed by atoms with E-state index >= 15 is 0 Å². The van der Waals surface area contributed by atoms with Crippen LogP contribution < -0.4 is 10.6 Å². The van der Waals surface area contributed by atoms with E-state index in [1.165, 1.54) is 16.4 Å². The summed E-state index contributed by atoms with van der Waals surface area (Å²) in [6, 6.07) is 6.01. The molecule has 0 atom stereocenters. The van der Waals surface area contributed by atoms with Crippen molar-refractivity contribution in [3.63, 3.8) is 0 Å². The van der Waals surface area contributed by atoms with Crippen molar-refractivity contribution in [2.24, 2.45) is 5.41 Å². The molecule has 2 N–H and O–H groups in total. The van der Waals surface area contributed by atoms with Crippen molar-refractivity contribution in [3.05, 3.63) is 46.8 Å². The zero-order chi connectivity index (χ0) is 27.5. The Hall–Kier alpha value is -2.80. The molecule has 2 saturated heterocycles. The van der Waals surface area contributed by atoms with E-state index in [1.807, 2.05) is 11.6 Å². The topological polar surface area (TPSA) is 132 Å². The Morgan fingerprint density at radius 3 is 2.72 bits per heavy atom. The molecule has 1 aromatic carbocycles. The van der Waals surface area contributed by atoms with Crippen molar-refractivity contribution in [1.82, 2.24) is 24.7 Å². The molecule has 212 valence electrons. The minimum atomic E-state index is -3.67. The van der Waals surface area contributed by atoms with Gasteiger partial charge in [-0.15, -0.1) is 0 Å². The molecule has 5 rings (SSSR count). The van der Waals surface area contributed by atoms with Gasteiger partial charge in [0.25, 0.3) is 5.91 Å². The highest BCUT2D eigenvalue weighted by molar-refractivity contribution is 7.89. The van der Waals surface area contributed by atoms with Gasteiger partial charge in [-0.1, -0.05) is 13.0 Å². The Bertz CT molecular complexity index is 1310. The lowest BCUT2D eigenvalue weighted by Gasteiger charge is -2.36. The number of nitrogens with one attached hydrogen (secondary N) is 2. The van der Waals surface area contributed by atoms with Gasteiger partial charge in [0.05, 0.1) is 34.0 Å². The van der Waals surface area contributed by atoms with Gasteiger partial charge < -0.3 is 20.1 Å². The van der Waals surface area contributed by atoms with Crippen LogP contribution in [0, 0.1) is 5.41 Å². The Kier molecular flexibility index (Phi) is 8.36. The number of carbonyl (C=O) groups excluding carboxylic acids is 2. The van der Waals surface area contributed by atoms with Gasteiger partial charge in [-0.2, -0.15) is 9.40 Å². The van der Waals surface area contributed by atoms with Gasteiger partial charge >= 0.3 is 5.97 Å². The smallest absolute Gasteiger partial charge is 0.338 e. The average molecular weight is 560 g/mol. The number of nitrogens with zero attached hydrogens (tertiary/aromatic N) is 3. The summed E-state index contributed by atoms with van der Waals surface area (Å²) < 4.78 is 40.4. The van der Waals surface area contributed by atoms with Crippen molar-refractivity contribution < 1.29 is 27.5 Å². The fourth-order valence-electron chi connectivity index (χ4n) is 5.64. The van der Waals surface area contributed by atoms with Crippen LogP contribution in [0.2, 0.25) is 0 Å². The summed E-state index contributed by atoms with van der Waals surface area (Å²) in [6.45, 7) is 6.64. The maximum absolute atomic E-state index is 13.0. The summed E-state index contributed by atoms with van der Waals surface area (Å²) in [6.07, 6.45) is 3.70. The quantitative estimate of drug-likeness (QED) is 0.366. The van der Waals surface area contributed by atoms with Gasteiger partial charge in [-0.05, 0) is 49.3 Å². The van der Waals surface area contributed by atoms with Gasteiger partial charge in [0.15, 0.2) is 0 Å². The highest BCUT2D eigenvalue weighted by Gasteiger charge is 2.39. The predicted molar refractivity (Wildman–Crippen MR) is 143 cm³/mol. The highest BCUT2D eigenvalue weighted by Crippen LogP contribution is 2.37. The third kappa shape index (κ3) is 5.88. The fourth-order valence-corrected chi connectivity index (χ4v) is 7.13. The number of rotatable bonds is 8. The number of sulfonamides is 1. The third-order valence-electron chi connectivity index (χ3n) is 7.94. The van der Waals surface area contributed by atoms with Crippen LogP contribution in [0.3, 0.4) is 0 Å². The van der Waals surface area contributed by atoms with E-state index in [0.29, 0.717) is 70.9 Å². The van der Waals surface area contributed by atoms with E-state index in [9.17, 15) is 18.0 Å². The summed E-state index contributed by atoms with van der Waals surface area (Å²) in [4.78, 5) is 25.8. The minimum absolute atomic E-state index is 0.0372. The molecule has 1 aromatic heterocycles. The number of aryl methyl sites for hydroxylation is 2. The molecule has 0 bridgehead atoms. The van der Waals surface area contributed by atoms with Gasteiger partial charge in [-0.25, -0.2) is 13.2 Å². The Balaban J connectivity index is 1.23. The van der Waals surface area contributed by atoms with Gasteiger partial charge in [0, 0.05) is 58.9 Å². The molecule has 11 nitrogen and oxygen atoms in total. The Morgan fingerprint density at radius 2 is 1.97 bits per heavy atom. The average Bonchev–Trinajstić information content (AvgIpc) is 3.24. The third-order valence-corrected chi connectivity index (χ3v) is 9.84. The SMILES string of the molecule is CCc1nn(CCCOC(=O)c2cccc(S(=O)(=O)N3CCNCC3)c2)c2c1C(=O)NCC1(CCOCC1)C2. The summed E-state index contributed by atoms with van der Waals surface area (Å²) >= 11 is 0. The lowest BCUT2D eigenvalue weighted by molar-refractivity contribution is 0.0152. The van der Waals surface area contributed by atoms with Gasteiger partial charge in [0.2, 0.25) is 10.0 Å². The fraction of sp³-hybridized carbons (Fsp3) is 0.593. The lowest BCUT2D eigenvalue weighted by Crippen LogP contribution is -2.46. The molecule has 3 aliphatic heterocycles. The van der Waals surface area contributed by atoms with E-state index in [2.05, 4.69) is 10.6 Å². The molecule has 0 radical (unpaired) electrons. The number of ether oxygens (including phenoxy) is 2. The van der Waals surface area contributed by atoms with Crippen LogP contribution in [-0.2, 0) is 38.9 Å². The van der Waals surface area contributed by atoms with Crippen molar-refractivity contribution in [3.8, 4) is 0 Å². The number of amides is 1. The van der Waals surface area contributed by atoms with Crippen LogP contribution in [0.4, 0.5) is 0 Å². The zero-order valence-corrected chi connectivity index (χ0v) is 23.2. The van der Waals surface area contributed by atoms with Gasteiger partial charge in [-0.3, -0.25) is 9.48 Å². The second-order valence-corrected chi connectivity index (χ2v) is 12.4. The highest BCUT2D eigenvalue weighted by atomic mass is 32.2. The molecule has 2 fully saturated rings. The van der Waals surface area contributed by atoms with E-state index in [0.717, 1.165) is 30.7 Å². The molecule has 0 unspecified atom stereocenters. The summed E-state index contributed by atoms with van der Waals surface area (Å²) in [5, 5.41) is 11.0. The number of fused-ring (bicyclic) bond motifs is 1. The molecule has 1 spiro atoms. The normalized spacial score (nSPS) is 19.8. The minimum Gasteiger partial charge on any atom is -0.462 e. The Morgan fingerprint density at radius 1 is 1.21 bits per heavy atom. The molecule has 0 aliphatic carbocycles. The maximum Gasteiger partial charge on any atom is 0.338 e. The van der Waals surface area contributed by atoms with Crippen molar-refractivity contribution in [1.29, 1.82) is 0 Å². The first kappa shape index (κ1) is 27.8. The van der Waals surface area contributed by atoms with Crippen LogP contribution in [0.1, 0.15) is 58.3 Å². The van der Waals surface area contributed by atoms with E-state index in [4.69, 9.17) is 14.6 Å². The number of aromatic nitrogens is 2. The molecule has 12 heteroatoms. The van der Waals surface area contributed by atoms with Gasteiger partial charge in [0.1, 0.15) is 0 Å². The number of piperazine rings is 1. The standard InChI is InChI=1S/C27H37N5O6S/c1-2-22-24-23(18-27(19-29-25(24)33)7-15-37-16-8-27)32(30-22)11-4-14-38-26(34)20-5-3-6-21(17-20)39(35,36)31-12-9-28-10-13-31/h3,5-6,17,28H,2,4,7-16,18-19H2,1H3,(H,29,33). The first-order valence-electron chi connectivity index (χ1n) is 13.8. The van der Waals surface area contributed by atoms with Crippen LogP contribution in [0.5, 0.6) is 0 Å². The maximum atomic E-state index is 13.0. The van der Waals surface area contributed by atoms with Crippen molar-refractivity contribution in [2.45, 2.75) is 50.5 Å². The monoisotopic (exact) mass is 559 g/mol. The summed E-state index contributed by atoms with van der Waals surface area (Å²) in [5.41, 5.74) is 2.57. The molecule has 4 heterocycles. The largest absolute Gasteiger partial charge is 0.462 e. The summed E-state index contributed by atoms with van der Waals surface area (Å²) in [7, 11) is -3.67. The zero-order valence-electron chi connectivity index (χ0n) is 22.4. The predicted octanol–water partition coefficient (Wildman–Crippen LogP) is 1.37. The molecule has 3 aliphatic rings. The molecule has 0 saturated carbocycles. The Labute approximate surface area is 229 Å². The van der Waals surface area contributed by atoms with E-state index in [1.54, 1.807) is 12.1 Å². The number of carbonyl (C=O) groups is 2. The molecule has 2 aromatic rings. The van der Waals surface area contributed by atoms with Crippen LogP contribution in [0.15, 0.2) is 29.2 Å². The first-order chi connectivity index (χ1) is 18.8. The molecular formula is C27H37N5O6S. The molecule has 1 amide bonds. The van der Waals surface area contributed by atoms with E-state index < -0.39 is 16.0 Å². The van der Waals surface area contributed by atoms with Crippen molar-refractivity contribution in [2.75, 3.05) is 52.5 Å². The lowest BCUT2D eigenvalue weighted by atomic mass is 9.76. The first-order valence-corrected chi connectivity index (χ1v) is 15.2.